The Balaban J connectivity index is 0.00000176. The number of amides is 3. The molecule has 1 saturated heterocycles. The molecule has 2 N–H and O–H groups in total. The molecule has 3 amide bonds. The number of carbonyl (C=O) groups excluding carboxylic acids is 3. The van der Waals surface area contributed by atoms with Crippen molar-refractivity contribution in [3.8, 4) is 0 Å². The summed E-state index contributed by atoms with van der Waals surface area (Å²) in [5.74, 6) is -0.767. The Kier molecular flexibility index (Phi) is 4.83. The number of nitrogens with one attached hydrogen (secondary N) is 2. The van der Waals surface area contributed by atoms with E-state index in [0.717, 1.165) is 11.1 Å². The van der Waals surface area contributed by atoms with E-state index < -0.39 is 6.04 Å². The molecule has 0 spiro atoms. The highest BCUT2D eigenvalue weighted by atomic mass is 35.5. The Labute approximate surface area is 134 Å². The van der Waals surface area contributed by atoms with Crippen molar-refractivity contribution in [3.63, 3.8) is 0 Å². The molecule has 0 saturated carbocycles. The molecular weight excluding hydrogens is 306 g/mol. The fraction of sp³-hybridized carbons (Fsp3) is 0.400. The Bertz CT molecular complexity index is 632. The van der Waals surface area contributed by atoms with Gasteiger partial charge >= 0.3 is 0 Å². The van der Waals surface area contributed by atoms with Crippen molar-refractivity contribution in [2.24, 2.45) is 0 Å². The van der Waals surface area contributed by atoms with Crippen LogP contribution in [0.25, 0.3) is 0 Å². The van der Waals surface area contributed by atoms with E-state index in [-0.39, 0.29) is 36.5 Å². The predicted octanol–water partition coefficient (Wildman–Crippen LogP) is 0.589. The van der Waals surface area contributed by atoms with Crippen LogP contribution in [0.3, 0.4) is 0 Å². The van der Waals surface area contributed by atoms with Gasteiger partial charge in [0.25, 0.3) is 5.91 Å². The maximum Gasteiger partial charge on any atom is 0.255 e. The number of benzene rings is 1. The number of carbonyl (C=O) groups is 3. The lowest BCUT2D eigenvalue weighted by Gasteiger charge is -2.29. The summed E-state index contributed by atoms with van der Waals surface area (Å²) in [5.41, 5.74) is 2.70. The van der Waals surface area contributed by atoms with Gasteiger partial charge < -0.3 is 10.2 Å². The molecule has 1 aromatic carbocycles. The number of piperidine rings is 1. The summed E-state index contributed by atoms with van der Waals surface area (Å²) in [4.78, 5) is 37.3. The molecular formula is C15H18ClN3O3. The SMILES string of the molecule is CNCc1cccc2c1CN(C1CCC(=O)NC1=O)C2=O.Cl. The van der Waals surface area contributed by atoms with E-state index in [1.165, 1.54) is 0 Å². The zero-order valence-electron chi connectivity index (χ0n) is 12.2. The molecule has 2 aliphatic rings. The molecule has 3 rings (SSSR count). The van der Waals surface area contributed by atoms with Crippen LogP contribution in [-0.4, -0.2) is 35.7 Å². The van der Waals surface area contributed by atoms with Gasteiger partial charge in [0.1, 0.15) is 6.04 Å². The molecule has 6 nitrogen and oxygen atoms in total. The summed E-state index contributed by atoms with van der Waals surface area (Å²) in [5, 5.41) is 5.39. The molecule has 1 aromatic rings. The average molecular weight is 324 g/mol. The summed E-state index contributed by atoms with van der Waals surface area (Å²) in [7, 11) is 1.86. The zero-order chi connectivity index (χ0) is 15.0. The second kappa shape index (κ2) is 6.46. The maximum absolute atomic E-state index is 12.5. The highest BCUT2D eigenvalue weighted by Gasteiger charge is 2.39. The van der Waals surface area contributed by atoms with E-state index in [1.807, 2.05) is 19.2 Å². The minimum atomic E-state index is -0.551. The molecule has 0 radical (unpaired) electrons. The molecule has 1 unspecified atom stereocenters. The summed E-state index contributed by atoms with van der Waals surface area (Å²) < 4.78 is 0. The minimum absolute atomic E-state index is 0. The monoisotopic (exact) mass is 323 g/mol. The van der Waals surface area contributed by atoms with Crippen molar-refractivity contribution in [2.45, 2.75) is 32.0 Å². The highest BCUT2D eigenvalue weighted by Crippen LogP contribution is 2.29. The number of nitrogens with zero attached hydrogens (tertiary/aromatic N) is 1. The van der Waals surface area contributed by atoms with Crippen LogP contribution in [0.5, 0.6) is 0 Å². The lowest BCUT2D eigenvalue weighted by Crippen LogP contribution is -2.52. The van der Waals surface area contributed by atoms with Crippen LogP contribution in [0.15, 0.2) is 18.2 Å². The smallest absolute Gasteiger partial charge is 0.255 e. The van der Waals surface area contributed by atoms with E-state index in [4.69, 9.17) is 0 Å². The Morgan fingerprint density at radius 1 is 1.32 bits per heavy atom. The third-order valence-corrected chi connectivity index (χ3v) is 4.05. The van der Waals surface area contributed by atoms with E-state index in [2.05, 4.69) is 10.6 Å². The minimum Gasteiger partial charge on any atom is -0.322 e. The molecule has 118 valence electrons. The third-order valence-electron chi connectivity index (χ3n) is 4.05. The van der Waals surface area contributed by atoms with Crippen molar-refractivity contribution in [3.05, 3.63) is 34.9 Å². The Hall–Kier alpha value is -1.92. The fourth-order valence-corrected chi connectivity index (χ4v) is 3.01. The van der Waals surface area contributed by atoms with E-state index in [9.17, 15) is 14.4 Å². The van der Waals surface area contributed by atoms with Gasteiger partial charge in [-0.15, -0.1) is 12.4 Å². The average Bonchev–Trinajstić information content (AvgIpc) is 2.78. The van der Waals surface area contributed by atoms with Gasteiger partial charge in [0.2, 0.25) is 11.8 Å². The van der Waals surface area contributed by atoms with Gasteiger partial charge in [0.15, 0.2) is 0 Å². The highest BCUT2D eigenvalue weighted by molar-refractivity contribution is 6.05. The van der Waals surface area contributed by atoms with Crippen molar-refractivity contribution >= 4 is 30.1 Å². The molecule has 22 heavy (non-hydrogen) atoms. The van der Waals surface area contributed by atoms with Gasteiger partial charge in [-0.1, -0.05) is 12.1 Å². The number of imide groups is 1. The third kappa shape index (κ3) is 2.71. The van der Waals surface area contributed by atoms with Gasteiger partial charge in [-0.2, -0.15) is 0 Å². The molecule has 0 aliphatic carbocycles. The fourth-order valence-electron chi connectivity index (χ4n) is 3.01. The molecule has 2 aliphatic heterocycles. The van der Waals surface area contributed by atoms with Crippen molar-refractivity contribution in [2.75, 3.05) is 7.05 Å². The normalized spacial score (nSPS) is 20.5. The van der Waals surface area contributed by atoms with Crippen molar-refractivity contribution in [1.29, 1.82) is 0 Å². The Morgan fingerprint density at radius 2 is 2.09 bits per heavy atom. The second-order valence-electron chi connectivity index (χ2n) is 5.37. The van der Waals surface area contributed by atoms with Crippen LogP contribution < -0.4 is 10.6 Å². The standard InChI is InChI=1S/C15H17N3O3.ClH/c1-16-7-9-3-2-4-10-11(9)8-18(15(10)21)12-5-6-13(19)17-14(12)20;/h2-4,12,16H,5-8H2,1H3,(H,17,19,20);1H. The summed E-state index contributed by atoms with van der Waals surface area (Å²) in [6.07, 6.45) is 0.672. The van der Waals surface area contributed by atoms with Gasteiger partial charge in [-0.25, -0.2) is 0 Å². The molecule has 2 heterocycles. The largest absolute Gasteiger partial charge is 0.322 e. The summed E-state index contributed by atoms with van der Waals surface area (Å²) in [6, 6.07) is 5.08. The van der Waals surface area contributed by atoms with Crippen LogP contribution in [0, 0.1) is 0 Å². The number of hydrogen-bond acceptors (Lipinski definition) is 4. The first-order valence-corrected chi connectivity index (χ1v) is 7.02. The van der Waals surface area contributed by atoms with Gasteiger partial charge in [0, 0.05) is 25.1 Å². The van der Waals surface area contributed by atoms with Gasteiger partial charge in [-0.05, 0) is 30.7 Å². The van der Waals surface area contributed by atoms with Gasteiger partial charge in [0.05, 0.1) is 0 Å². The first-order chi connectivity index (χ1) is 10.1. The molecule has 1 atom stereocenters. The topological polar surface area (TPSA) is 78.5 Å². The van der Waals surface area contributed by atoms with Crippen molar-refractivity contribution < 1.29 is 14.4 Å². The number of rotatable bonds is 3. The quantitative estimate of drug-likeness (QED) is 0.798. The zero-order valence-corrected chi connectivity index (χ0v) is 13.0. The number of fused-ring (bicyclic) bond motifs is 1. The molecule has 0 bridgehead atoms. The van der Waals surface area contributed by atoms with E-state index >= 15 is 0 Å². The number of halogens is 1. The lowest BCUT2D eigenvalue weighted by molar-refractivity contribution is -0.136. The first kappa shape index (κ1) is 16.5. The maximum atomic E-state index is 12.5. The second-order valence-corrected chi connectivity index (χ2v) is 5.37. The van der Waals surface area contributed by atoms with E-state index in [1.54, 1.807) is 11.0 Å². The molecule has 7 heteroatoms. The molecule has 1 fully saturated rings. The van der Waals surface area contributed by atoms with Crippen molar-refractivity contribution in [1.82, 2.24) is 15.5 Å². The number of hydrogen-bond donors (Lipinski definition) is 2. The van der Waals surface area contributed by atoms with Crippen LogP contribution >= 0.6 is 12.4 Å². The van der Waals surface area contributed by atoms with Gasteiger partial charge in [-0.3, -0.25) is 19.7 Å². The first-order valence-electron chi connectivity index (χ1n) is 7.02. The predicted molar refractivity (Wildman–Crippen MR) is 82.5 cm³/mol. The van der Waals surface area contributed by atoms with Crippen LogP contribution in [0.4, 0.5) is 0 Å². The lowest BCUT2D eigenvalue weighted by atomic mass is 10.0. The Morgan fingerprint density at radius 3 is 2.77 bits per heavy atom. The van der Waals surface area contributed by atoms with Crippen LogP contribution in [0.1, 0.15) is 34.3 Å². The summed E-state index contributed by atoms with van der Waals surface area (Å²) in [6.45, 7) is 1.11. The molecule has 0 aromatic heterocycles. The van der Waals surface area contributed by atoms with E-state index in [0.29, 0.717) is 25.1 Å². The van der Waals surface area contributed by atoms with Crippen LogP contribution in [0.2, 0.25) is 0 Å². The summed E-state index contributed by atoms with van der Waals surface area (Å²) >= 11 is 0. The van der Waals surface area contributed by atoms with Crippen LogP contribution in [-0.2, 0) is 22.7 Å².